The van der Waals surface area contributed by atoms with E-state index in [-0.39, 0.29) is 0 Å². The fourth-order valence-electron chi connectivity index (χ4n) is 1.76. The second-order valence-corrected chi connectivity index (χ2v) is 8.87. The number of nitrogens with one attached hydrogen (secondary N) is 1. The van der Waals surface area contributed by atoms with Gasteiger partial charge in [-0.3, -0.25) is 4.79 Å². The lowest BCUT2D eigenvalue weighted by Gasteiger charge is -2.14. The van der Waals surface area contributed by atoms with E-state index in [4.69, 9.17) is 5.73 Å². The molecule has 6 nitrogen and oxygen atoms in total. The molecule has 0 fully saturated rings. The molecule has 0 saturated carbocycles. The number of rotatable bonds is 4. The second-order valence-electron chi connectivity index (χ2n) is 5.02. The van der Waals surface area contributed by atoms with Crippen molar-refractivity contribution in [1.82, 2.24) is 4.98 Å². The van der Waals surface area contributed by atoms with Gasteiger partial charge in [-0.05, 0) is 39.0 Å². The van der Waals surface area contributed by atoms with E-state index in [1.807, 2.05) is 0 Å². The van der Waals surface area contributed by atoms with Crippen molar-refractivity contribution >= 4 is 48.1 Å². The van der Waals surface area contributed by atoms with Gasteiger partial charge in [0.15, 0.2) is 15.0 Å². The molecule has 0 saturated heterocycles. The lowest BCUT2D eigenvalue weighted by atomic mass is 10.3. The van der Waals surface area contributed by atoms with Crippen molar-refractivity contribution in [3.05, 3.63) is 18.2 Å². The van der Waals surface area contributed by atoms with Crippen LogP contribution in [0.1, 0.15) is 20.8 Å². The zero-order chi connectivity index (χ0) is 15.8. The van der Waals surface area contributed by atoms with Gasteiger partial charge in [-0.25, -0.2) is 13.4 Å². The summed E-state index contributed by atoms with van der Waals surface area (Å²) in [5.74, 6) is -0.573. The molecule has 2 rings (SSSR count). The highest BCUT2D eigenvalue weighted by atomic mass is 32.2. The van der Waals surface area contributed by atoms with Crippen molar-refractivity contribution in [1.29, 1.82) is 0 Å². The Morgan fingerprint density at radius 1 is 1.33 bits per heavy atom. The van der Waals surface area contributed by atoms with E-state index in [1.54, 1.807) is 32.0 Å². The number of hydrogen-bond acceptors (Lipinski definition) is 6. The third-order valence-corrected chi connectivity index (χ3v) is 6.61. The SMILES string of the molecule is CC(C)S(=O)(=O)C(C)C(=O)Nc1nc2ccc(N)cc2s1. The number of hydrogen-bond donors (Lipinski definition) is 2. The Morgan fingerprint density at radius 3 is 2.62 bits per heavy atom. The van der Waals surface area contributed by atoms with Crippen LogP contribution in [0.3, 0.4) is 0 Å². The molecular weight excluding hydrogens is 310 g/mol. The van der Waals surface area contributed by atoms with Crippen LogP contribution in [-0.2, 0) is 14.6 Å². The minimum Gasteiger partial charge on any atom is -0.399 e. The third-order valence-electron chi connectivity index (χ3n) is 3.16. The molecule has 0 spiro atoms. The molecule has 2 aromatic rings. The van der Waals surface area contributed by atoms with Gasteiger partial charge in [0, 0.05) is 5.69 Å². The Kier molecular flexibility index (Phi) is 4.20. The number of nitrogen functional groups attached to an aromatic ring is 1. The van der Waals surface area contributed by atoms with Crippen molar-refractivity contribution < 1.29 is 13.2 Å². The molecule has 1 atom stereocenters. The van der Waals surface area contributed by atoms with Crippen LogP contribution in [0.15, 0.2) is 18.2 Å². The maximum Gasteiger partial charge on any atom is 0.244 e. The summed E-state index contributed by atoms with van der Waals surface area (Å²) in [7, 11) is -3.49. The van der Waals surface area contributed by atoms with Crippen LogP contribution in [0.25, 0.3) is 10.2 Å². The number of nitrogens with two attached hydrogens (primary N) is 1. The number of sulfone groups is 1. The minimum atomic E-state index is -3.49. The first kappa shape index (κ1) is 15.7. The number of aromatic nitrogens is 1. The predicted molar refractivity (Wildman–Crippen MR) is 86.2 cm³/mol. The largest absolute Gasteiger partial charge is 0.399 e. The first-order valence-corrected chi connectivity index (χ1v) is 8.84. The number of carbonyl (C=O) groups is 1. The molecule has 1 amide bonds. The normalized spacial score (nSPS) is 13.5. The minimum absolute atomic E-state index is 0.367. The first-order chi connectivity index (χ1) is 9.71. The van der Waals surface area contributed by atoms with Crippen molar-refractivity contribution in [2.24, 2.45) is 0 Å². The Bertz CT molecular complexity index is 781. The number of fused-ring (bicyclic) bond motifs is 1. The average molecular weight is 327 g/mol. The summed E-state index contributed by atoms with van der Waals surface area (Å²) in [5, 5.41) is 1.21. The van der Waals surface area contributed by atoms with Crippen LogP contribution in [0.5, 0.6) is 0 Å². The van der Waals surface area contributed by atoms with Crippen LogP contribution in [0.4, 0.5) is 10.8 Å². The van der Waals surface area contributed by atoms with E-state index in [9.17, 15) is 13.2 Å². The van der Waals surface area contributed by atoms with Crippen molar-refractivity contribution in [3.63, 3.8) is 0 Å². The maximum absolute atomic E-state index is 12.1. The van der Waals surface area contributed by atoms with Gasteiger partial charge in [-0.2, -0.15) is 0 Å². The van der Waals surface area contributed by atoms with Crippen LogP contribution in [0, 0.1) is 0 Å². The smallest absolute Gasteiger partial charge is 0.244 e. The van der Waals surface area contributed by atoms with Crippen molar-refractivity contribution in [3.8, 4) is 0 Å². The Hall–Kier alpha value is -1.67. The van der Waals surface area contributed by atoms with Gasteiger partial charge in [0.2, 0.25) is 5.91 Å². The molecule has 0 bridgehead atoms. The van der Waals surface area contributed by atoms with E-state index >= 15 is 0 Å². The summed E-state index contributed by atoms with van der Waals surface area (Å²) in [6.45, 7) is 4.50. The summed E-state index contributed by atoms with van der Waals surface area (Å²) in [6.07, 6.45) is 0. The lowest BCUT2D eigenvalue weighted by molar-refractivity contribution is -0.115. The Balaban J connectivity index is 2.22. The zero-order valence-electron chi connectivity index (χ0n) is 12.0. The molecule has 1 aromatic heterocycles. The highest BCUT2D eigenvalue weighted by Crippen LogP contribution is 2.27. The van der Waals surface area contributed by atoms with Gasteiger partial charge in [-0.15, -0.1) is 0 Å². The van der Waals surface area contributed by atoms with E-state index < -0.39 is 26.2 Å². The molecule has 0 aliphatic heterocycles. The molecule has 0 aliphatic rings. The molecule has 1 aromatic carbocycles. The number of thiazole rings is 1. The summed E-state index contributed by atoms with van der Waals surface area (Å²) >= 11 is 1.26. The van der Waals surface area contributed by atoms with Gasteiger partial charge >= 0.3 is 0 Å². The van der Waals surface area contributed by atoms with Gasteiger partial charge in [0.1, 0.15) is 5.25 Å². The molecule has 3 N–H and O–H groups in total. The third kappa shape index (κ3) is 3.16. The van der Waals surface area contributed by atoms with Gasteiger partial charge in [0.05, 0.1) is 15.5 Å². The number of amides is 1. The van der Waals surface area contributed by atoms with Crippen LogP contribution < -0.4 is 11.1 Å². The predicted octanol–water partition coefficient (Wildman–Crippen LogP) is 2.03. The number of anilines is 2. The highest BCUT2D eigenvalue weighted by Gasteiger charge is 2.31. The van der Waals surface area contributed by atoms with Gasteiger partial charge in [0.25, 0.3) is 0 Å². The molecule has 114 valence electrons. The average Bonchev–Trinajstić information content (AvgIpc) is 2.78. The topological polar surface area (TPSA) is 102 Å². The van der Waals surface area contributed by atoms with Crippen LogP contribution >= 0.6 is 11.3 Å². The Morgan fingerprint density at radius 2 is 2.00 bits per heavy atom. The van der Waals surface area contributed by atoms with E-state index in [1.165, 1.54) is 18.3 Å². The maximum atomic E-state index is 12.1. The second kappa shape index (κ2) is 5.61. The summed E-state index contributed by atoms with van der Waals surface area (Å²) in [6, 6.07) is 5.24. The highest BCUT2D eigenvalue weighted by molar-refractivity contribution is 7.93. The molecule has 21 heavy (non-hydrogen) atoms. The molecule has 1 heterocycles. The summed E-state index contributed by atoms with van der Waals surface area (Å²) < 4.78 is 24.8. The standard InChI is InChI=1S/C13H17N3O3S2/c1-7(2)21(18,19)8(3)12(17)16-13-15-10-5-4-9(14)6-11(10)20-13/h4-8H,14H2,1-3H3,(H,15,16,17). The van der Waals surface area contributed by atoms with Crippen LogP contribution in [-0.4, -0.2) is 29.8 Å². The molecule has 8 heteroatoms. The first-order valence-electron chi connectivity index (χ1n) is 6.41. The monoisotopic (exact) mass is 327 g/mol. The molecule has 0 aliphatic carbocycles. The van der Waals surface area contributed by atoms with Crippen molar-refractivity contribution in [2.75, 3.05) is 11.1 Å². The van der Waals surface area contributed by atoms with E-state index in [0.717, 1.165) is 4.70 Å². The van der Waals surface area contributed by atoms with Gasteiger partial charge < -0.3 is 11.1 Å². The zero-order valence-corrected chi connectivity index (χ0v) is 13.6. The fourth-order valence-corrected chi connectivity index (χ4v) is 3.85. The molecule has 1 unspecified atom stereocenters. The summed E-state index contributed by atoms with van der Waals surface area (Å²) in [4.78, 5) is 16.3. The van der Waals surface area contributed by atoms with Crippen molar-refractivity contribution in [2.45, 2.75) is 31.3 Å². The molecular formula is C13H17N3O3S2. The number of benzene rings is 1. The summed E-state index contributed by atoms with van der Waals surface area (Å²) in [5.41, 5.74) is 7.01. The number of carbonyl (C=O) groups excluding carboxylic acids is 1. The van der Waals surface area contributed by atoms with Crippen LogP contribution in [0.2, 0.25) is 0 Å². The quantitative estimate of drug-likeness (QED) is 0.837. The molecule has 0 radical (unpaired) electrons. The van der Waals surface area contributed by atoms with E-state index in [0.29, 0.717) is 16.3 Å². The fraction of sp³-hybridized carbons (Fsp3) is 0.385. The lowest BCUT2D eigenvalue weighted by Crippen LogP contribution is -2.36. The van der Waals surface area contributed by atoms with Gasteiger partial charge in [-0.1, -0.05) is 11.3 Å². The van der Waals surface area contributed by atoms with E-state index in [2.05, 4.69) is 10.3 Å². The Labute approximate surface area is 127 Å². The number of nitrogens with zero attached hydrogens (tertiary/aromatic N) is 1.